The lowest BCUT2D eigenvalue weighted by Crippen LogP contribution is -2.30. The number of nitrogens with two attached hydrogens (primary N) is 1. The van der Waals surface area contributed by atoms with E-state index >= 15 is 0 Å². The van der Waals surface area contributed by atoms with Crippen LogP contribution in [0, 0.1) is 0 Å². The Kier molecular flexibility index (Phi) is 2.87. The highest BCUT2D eigenvalue weighted by molar-refractivity contribution is 5.93. The SMILES string of the molecule is NNC(=O)c1ccc(OC2CCC2)cc1. The van der Waals surface area contributed by atoms with Crippen LogP contribution >= 0.6 is 0 Å². The van der Waals surface area contributed by atoms with E-state index in [1.54, 1.807) is 24.3 Å². The molecule has 15 heavy (non-hydrogen) atoms. The molecule has 1 aliphatic rings. The number of hydrogen-bond donors (Lipinski definition) is 2. The van der Waals surface area contributed by atoms with Crippen LogP contribution in [-0.2, 0) is 0 Å². The lowest BCUT2D eigenvalue weighted by Gasteiger charge is -2.26. The summed E-state index contributed by atoms with van der Waals surface area (Å²) in [5.41, 5.74) is 2.62. The van der Waals surface area contributed by atoms with Gasteiger partial charge in [-0.25, -0.2) is 5.84 Å². The third kappa shape index (κ3) is 2.27. The molecule has 1 amide bonds. The van der Waals surface area contributed by atoms with Gasteiger partial charge in [0.15, 0.2) is 0 Å². The quantitative estimate of drug-likeness (QED) is 0.444. The number of ether oxygens (including phenoxy) is 1. The molecule has 1 aromatic carbocycles. The Morgan fingerprint density at radius 2 is 2.00 bits per heavy atom. The normalized spacial score (nSPS) is 15.5. The van der Waals surface area contributed by atoms with Crippen molar-refractivity contribution >= 4 is 5.91 Å². The minimum absolute atomic E-state index is 0.287. The molecule has 0 aliphatic heterocycles. The second kappa shape index (κ2) is 4.31. The molecule has 0 atom stereocenters. The summed E-state index contributed by atoms with van der Waals surface area (Å²) in [6.07, 6.45) is 3.87. The highest BCUT2D eigenvalue weighted by Crippen LogP contribution is 2.25. The monoisotopic (exact) mass is 206 g/mol. The van der Waals surface area contributed by atoms with Gasteiger partial charge in [0.2, 0.25) is 0 Å². The molecule has 1 aromatic rings. The molecule has 4 heteroatoms. The highest BCUT2D eigenvalue weighted by atomic mass is 16.5. The Hall–Kier alpha value is -1.55. The molecule has 1 aliphatic carbocycles. The van der Waals surface area contributed by atoms with Gasteiger partial charge in [-0.2, -0.15) is 0 Å². The number of nitrogens with one attached hydrogen (secondary N) is 1. The maximum Gasteiger partial charge on any atom is 0.265 e. The number of carbonyl (C=O) groups is 1. The fraction of sp³-hybridized carbons (Fsp3) is 0.364. The zero-order valence-corrected chi connectivity index (χ0v) is 8.40. The summed E-state index contributed by atoms with van der Waals surface area (Å²) in [4.78, 5) is 11.1. The summed E-state index contributed by atoms with van der Waals surface area (Å²) in [6, 6.07) is 7.00. The van der Waals surface area contributed by atoms with Gasteiger partial charge in [0.05, 0.1) is 6.10 Å². The second-order valence-corrected chi connectivity index (χ2v) is 3.67. The molecule has 0 spiro atoms. The van der Waals surface area contributed by atoms with E-state index in [1.165, 1.54) is 6.42 Å². The summed E-state index contributed by atoms with van der Waals surface area (Å²) in [7, 11) is 0. The van der Waals surface area contributed by atoms with E-state index < -0.39 is 0 Å². The number of nitrogen functional groups attached to an aromatic ring is 1. The van der Waals surface area contributed by atoms with Crippen LogP contribution in [0.25, 0.3) is 0 Å². The van der Waals surface area contributed by atoms with Crippen molar-refractivity contribution < 1.29 is 9.53 Å². The Morgan fingerprint density at radius 3 is 2.47 bits per heavy atom. The Labute approximate surface area is 88.4 Å². The molecule has 1 fully saturated rings. The van der Waals surface area contributed by atoms with E-state index in [0.29, 0.717) is 11.7 Å². The summed E-state index contributed by atoms with van der Waals surface area (Å²) in [6.45, 7) is 0. The molecule has 3 N–H and O–H groups in total. The van der Waals surface area contributed by atoms with Crippen LogP contribution in [0.3, 0.4) is 0 Å². The van der Waals surface area contributed by atoms with Crippen LogP contribution in [0.2, 0.25) is 0 Å². The predicted octanol–water partition coefficient (Wildman–Crippen LogP) is 1.22. The Bertz CT molecular complexity index is 344. The van der Waals surface area contributed by atoms with Crippen LogP contribution in [0.4, 0.5) is 0 Å². The minimum Gasteiger partial charge on any atom is -0.490 e. The largest absolute Gasteiger partial charge is 0.490 e. The van der Waals surface area contributed by atoms with E-state index in [0.717, 1.165) is 18.6 Å². The molecular formula is C11H14N2O2. The number of benzene rings is 1. The molecule has 4 nitrogen and oxygen atoms in total. The standard InChI is InChI=1S/C11H14N2O2/c12-13-11(14)8-4-6-10(7-5-8)15-9-2-1-3-9/h4-7,9H,1-3,12H2,(H,13,14). The fourth-order valence-electron chi connectivity index (χ4n) is 1.45. The Morgan fingerprint density at radius 1 is 1.33 bits per heavy atom. The van der Waals surface area contributed by atoms with Gasteiger partial charge in [-0.3, -0.25) is 10.2 Å². The van der Waals surface area contributed by atoms with Gasteiger partial charge in [-0.1, -0.05) is 0 Å². The summed E-state index contributed by atoms with van der Waals surface area (Å²) in [5.74, 6) is 5.55. The van der Waals surface area contributed by atoms with Crippen LogP contribution in [-0.4, -0.2) is 12.0 Å². The molecule has 0 heterocycles. The highest BCUT2D eigenvalue weighted by Gasteiger charge is 2.18. The summed E-state index contributed by atoms with van der Waals surface area (Å²) in [5, 5.41) is 0. The number of rotatable bonds is 3. The zero-order chi connectivity index (χ0) is 10.7. The van der Waals surface area contributed by atoms with Crippen molar-refractivity contribution in [2.75, 3.05) is 0 Å². The van der Waals surface area contributed by atoms with Gasteiger partial charge in [0.1, 0.15) is 5.75 Å². The lowest BCUT2D eigenvalue weighted by molar-refractivity contribution is 0.0953. The molecule has 2 rings (SSSR count). The van der Waals surface area contributed by atoms with Crippen LogP contribution < -0.4 is 16.0 Å². The average molecular weight is 206 g/mol. The van der Waals surface area contributed by atoms with E-state index in [9.17, 15) is 4.79 Å². The van der Waals surface area contributed by atoms with E-state index in [-0.39, 0.29) is 5.91 Å². The van der Waals surface area contributed by atoms with Gasteiger partial charge >= 0.3 is 0 Å². The number of hydrogen-bond acceptors (Lipinski definition) is 3. The maximum atomic E-state index is 11.1. The Balaban J connectivity index is 1.99. The van der Waals surface area contributed by atoms with Crippen LogP contribution in [0.5, 0.6) is 5.75 Å². The van der Waals surface area contributed by atoms with Crippen molar-refractivity contribution in [3.63, 3.8) is 0 Å². The summed E-state index contributed by atoms with van der Waals surface area (Å²) >= 11 is 0. The van der Waals surface area contributed by atoms with E-state index in [4.69, 9.17) is 10.6 Å². The minimum atomic E-state index is -0.287. The molecule has 80 valence electrons. The zero-order valence-electron chi connectivity index (χ0n) is 8.40. The first-order chi connectivity index (χ1) is 7.29. The average Bonchev–Trinajstić information content (AvgIpc) is 2.23. The van der Waals surface area contributed by atoms with Crippen molar-refractivity contribution in [2.45, 2.75) is 25.4 Å². The second-order valence-electron chi connectivity index (χ2n) is 3.67. The molecule has 0 saturated heterocycles. The molecule has 0 bridgehead atoms. The van der Waals surface area contributed by atoms with Gasteiger partial charge in [0.25, 0.3) is 5.91 Å². The lowest BCUT2D eigenvalue weighted by atomic mass is 9.96. The van der Waals surface area contributed by atoms with Crippen molar-refractivity contribution in [3.8, 4) is 5.75 Å². The van der Waals surface area contributed by atoms with Gasteiger partial charge < -0.3 is 4.74 Å². The maximum absolute atomic E-state index is 11.1. The first-order valence-corrected chi connectivity index (χ1v) is 5.07. The van der Waals surface area contributed by atoms with Crippen LogP contribution in [0.15, 0.2) is 24.3 Å². The number of hydrazine groups is 1. The van der Waals surface area contributed by atoms with Gasteiger partial charge in [-0.15, -0.1) is 0 Å². The van der Waals surface area contributed by atoms with Gasteiger partial charge in [-0.05, 0) is 43.5 Å². The van der Waals surface area contributed by atoms with E-state index in [1.807, 2.05) is 0 Å². The molecule has 1 saturated carbocycles. The molecule has 0 radical (unpaired) electrons. The van der Waals surface area contributed by atoms with Crippen molar-refractivity contribution in [1.29, 1.82) is 0 Å². The van der Waals surface area contributed by atoms with Crippen molar-refractivity contribution in [3.05, 3.63) is 29.8 Å². The first kappa shape index (κ1) is 9.98. The number of amides is 1. The van der Waals surface area contributed by atoms with Crippen LogP contribution in [0.1, 0.15) is 29.6 Å². The third-order valence-corrected chi connectivity index (χ3v) is 2.60. The third-order valence-electron chi connectivity index (χ3n) is 2.60. The fourth-order valence-corrected chi connectivity index (χ4v) is 1.45. The number of carbonyl (C=O) groups excluding carboxylic acids is 1. The summed E-state index contributed by atoms with van der Waals surface area (Å²) < 4.78 is 5.66. The predicted molar refractivity (Wildman–Crippen MR) is 56.4 cm³/mol. The smallest absolute Gasteiger partial charge is 0.265 e. The molecule has 0 unspecified atom stereocenters. The van der Waals surface area contributed by atoms with Gasteiger partial charge in [0, 0.05) is 5.56 Å². The van der Waals surface area contributed by atoms with E-state index in [2.05, 4.69) is 5.43 Å². The molecule has 0 aromatic heterocycles. The molecular weight excluding hydrogens is 192 g/mol. The first-order valence-electron chi connectivity index (χ1n) is 5.07. The topological polar surface area (TPSA) is 64.3 Å². The van der Waals surface area contributed by atoms with Crippen molar-refractivity contribution in [1.82, 2.24) is 5.43 Å². The van der Waals surface area contributed by atoms with Crippen molar-refractivity contribution in [2.24, 2.45) is 5.84 Å².